The fourth-order valence-electron chi connectivity index (χ4n) is 1.64. The van der Waals surface area contributed by atoms with Gasteiger partial charge in [-0.3, -0.25) is 0 Å². The second-order valence-electron chi connectivity index (χ2n) is 4.94. The zero-order valence-electron chi connectivity index (χ0n) is 11.8. The Morgan fingerprint density at radius 2 is 1.79 bits per heavy atom. The van der Waals surface area contributed by atoms with Gasteiger partial charge in [-0.2, -0.15) is 13.2 Å². The average Bonchev–Trinajstić information content (AvgIpc) is 2.35. The lowest BCUT2D eigenvalue weighted by atomic mass is 10.1. The molecule has 1 aromatic heterocycles. The molecule has 1 heterocycles. The standard InChI is InChI=1S/C13H20F3N3/c1-8(2)9(3)19(5)12-7-10(13(14,15)16)6-11(17-4)18-12/h6-9H,1-5H3,(H,17,18). The minimum Gasteiger partial charge on any atom is -0.373 e. The van der Waals surface area contributed by atoms with Crippen molar-refractivity contribution in [3.05, 3.63) is 17.7 Å². The Bertz CT molecular complexity index is 430. The molecule has 0 spiro atoms. The molecule has 1 N–H and O–H groups in total. The summed E-state index contributed by atoms with van der Waals surface area (Å²) < 4.78 is 38.5. The van der Waals surface area contributed by atoms with E-state index in [2.05, 4.69) is 10.3 Å². The van der Waals surface area contributed by atoms with Gasteiger partial charge in [-0.25, -0.2) is 4.98 Å². The number of anilines is 2. The van der Waals surface area contributed by atoms with Crippen LogP contribution >= 0.6 is 0 Å². The van der Waals surface area contributed by atoms with Gasteiger partial charge in [-0.15, -0.1) is 0 Å². The van der Waals surface area contributed by atoms with Crippen LogP contribution in [0.5, 0.6) is 0 Å². The molecule has 0 bridgehead atoms. The number of hydrogen-bond donors (Lipinski definition) is 1. The number of rotatable bonds is 4. The number of hydrogen-bond acceptors (Lipinski definition) is 3. The van der Waals surface area contributed by atoms with E-state index < -0.39 is 11.7 Å². The van der Waals surface area contributed by atoms with Gasteiger partial charge >= 0.3 is 6.18 Å². The summed E-state index contributed by atoms with van der Waals surface area (Å²) in [5.41, 5.74) is -0.690. The highest BCUT2D eigenvalue weighted by Crippen LogP contribution is 2.33. The molecule has 1 rings (SSSR count). The van der Waals surface area contributed by atoms with Crippen molar-refractivity contribution in [1.82, 2.24) is 4.98 Å². The highest BCUT2D eigenvalue weighted by molar-refractivity contribution is 5.51. The minimum atomic E-state index is -4.37. The monoisotopic (exact) mass is 275 g/mol. The zero-order valence-corrected chi connectivity index (χ0v) is 11.8. The van der Waals surface area contributed by atoms with E-state index in [9.17, 15) is 13.2 Å². The van der Waals surface area contributed by atoms with Gasteiger partial charge in [-0.1, -0.05) is 13.8 Å². The lowest BCUT2D eigenvalue weighted by molar-refractivity contribution is -0.137. The van der Waals surface area contributed by atoms with E-state index in [0.717, 1.165) is 12.1 Å². The molecule has 1 atom stereocenters. The average molecular weight is 275 g/mol. The Morgan fingerprint density at radius 3 is 2.21 bits per heavy atom. The summed E-state index contributed by atoms with van der Waals surface area (Å²) in [4.78, 5) is 5.95. The van der Waals surface area contributed by atoms with Crippen LogP contribution < -0.4 is 10.2 Å². The summed E-state index contributed by atoms with van der Waals surface area (Å²) in [5.74, 6) is 0.854. The van der Waals surface area contributed by atoms with Gasteiger partial charge in [0.05, 0.1) is 5.56 Å². The molecule has 3 nitrogen and oxygen atoms in total. The third-order valence-electron chi connectivity index (χ3n) is 3.33. The van der Waals surface area contributed by atoms with Gasteiger partial charge in [0.25, 0.3) is 0 Å². The van der Waals surface area contributed by atoms with Gasteiger partial charge in [0.1, 0.15) is 11.6 Å². The van der Waals surface area contributed by atoms with E-state index in [1.165, 1.54) is 0 Å². The molecule has 0 saturated heterocycles. The molecule has 0 radical (unpaired) electrons. The van der Waals surface area contributed by atoms with Crippen LogP contribution in [-0.4, -0.2) is 25.1 Å². The Kier molecular flexibility index (Phi) is 4.66. The maximum absolute atomic E-state index is 12.8. The Hall–Kier alpha value is -1.46. The zero-order chi connectivity index (χ0) is 14.8. The molecular weight excluding hydrogens is 255 g/mol. The second-order valence-corrected chi connectivity index (χ2v) is 4.94. The van der Waals surface area contributed by atoms with Crippen LogP contribution in [0.25, 0.3) is 0 Å². The predicted molar refractivity (Wildman–Crippen MR) is 71.5 cm³/mol. The summed E-state index contributed by atoms with van der Waals surface area (Å²) in [7, 11) is 3.31. The third kappa shape index (κ3) is 3.75. The van der Waals surface area contributed by atoms with Crippen molar-refractivity contribution in [1.29, 1.82) is 0 Å². The smallest absolute Gasteiger partial charge is 0.373 e. The molecule has 6 heteroatoms. The fourth-order valence-corrected chi connectivity index (χ4v) is 1.64. The van der Waals surface area contributed by atoms with Crippen molar-refractivity contribution in [2.24, 2.45) is 5.92 Å². The predicted octanol–water partition coefficient (Wildman–Crippen LogP) is 3.62. The van der Waals surface area contributed by atoms with E-state index in [-0.39, 0.29) is 11.9 Å². The molecule has 0 aliphatic carbocycles. The van der Waals surface area contributed by atoms with E-state index >= 15 is 0 Å². The van der Waals surface area contributed by atoms with Gasteiger partial charge < -0.3 is 10.2 Å². The number of alkyl halides is 3. The summed E-state index contributed by atoms with van der Waals surface area (Å²) in [6.45, 7) is 6.01. The molecule has 0 amide bonds. The van der Waals surface area contributed by atoms with Crippen LogP contribution in [-0.2, 0) is 6.18 Å². The van der Waals surface area contributed by atoms with Gasteiger partial charge in [0.2, 0.25) is 0 Å². The summed E-state index contributed by atoms with van der Waals surface area (Å²) in [6, 6.07) is 2.19. The topological polar surface area (TPSA) is 28.2 Å². The quantitative estimate of drug-likeness (QED) is 0.909. The normalized spacial score (nSPS) is 13.5. The van der Waals surface area contributed by atoms with Crippen LogP contribution in [0.4, 0.5) is 24.8 Å². The molecular formula is C13H20F3N3. The molecule has 108 valence electrons. The van der Waals surface area contributed by atoms with Crippen molar-refractivity contribution in [2.45, 2.75) is 33.0 Å². The number of nitrogens with one attached hydrogen (secondary N) is 1. The first-order valence-electron chi connectivity index (χ1n) is 6.16. The molecule has 0 aliphatic heterocycles. The molecule has 0 aliphatic rings. The SMILES string of the molecule is CNc1cc(C(F)(F)F)cc(N(C)C(C)C(C)C)n1. The minimum absolute atomic E-state index is 0.0979. The van der Waals surface area contributed by atoms with Crippen LogP contribution in [0.2, 0.25) is 0 Å². The number of pyridine rings is 1. The molecule has 0 aromatic carbocycles. The number of nitrogens with zero attached hydrogens (tertiary/aromatic N) is 2. The van der Waals surface area contributed by atoms with Crippen molar-refractivity contribution < 1.29 is 13.2 Å². The highest BCUT2D eigenvalue weighted by Gasteiger charge is 2.32. The summed E-state index contributed by atoms with van der Waals surface area (Å²) in [6.07, 6.45) is -4.37. The van der Waals surface area contributed by atoms with Crippen molar-refractivity contribution in [2.75, 3.05) is 24.3 Å². The summed E-state index contributed by atoms with van der Waals surface area (Å²) in [5, 5.41) is 2.67. The third-order valence-corrected chi connectivity index (χ3v) is 3.33. The number of halogens is 3. The Balaban J connectivity index is 3.20. The van der Waals surface area contributed by atoms with Gasteiger partial charge in [0.15, 0.2) is 0 Å². The first-order valence-corrected chi connectivity index (χ1v) is 6.16. The molecule has 0 saturated carbocycles. The molecule has 19 heavy (non-hydrogen) atoms. The molecule has 1 aromatic rings. The lowest BCUT2D eigenvalue weighted by Crippen LogP contribution is -2.34. The Morgan fingerprint density at radius 1 is 1.21 bits per heavy atom. The fraction of sp³-hybridized carbons (Fsp3) is 0.615. The summed E-state index contributed by atoms with van der Waals surface area (Å²) >= 11 is 0. The van der Waals surface area contributed by atoms with Crippen LogP contribution in [0, 0.1) is 5.92 Å². The first-order chi connectivity index (χ1) is 8.66. The van der Waals surface area contributed by atoms with E-state index in [1.807, 2.05) is 20.8 Å². The van der Waals surface area contributed by atoms with Crippen LogP contribution in [0.1, 0.15) is 26.3 Å². The van der Waals surface area contributed by atoms with Gasteiger partial charge in [-0.05, 0) is 25.0 Å². The van der Waals surface area contributed by atoms with Crippen molar-refractivity contribution in [3.8, 4) is 0 Å². The largest absolute Gasteiger partial charge is 0.416 e. The lowest BCUT2D eigenvalue weighted by Gasteiger charge is -2.29. The Labute approximate surface area is 111 Å². The van der Waals surface area contributed by atoms with Crippen LogP contribution in [0.15, 0.2) is 12.1 Å². The van der Waals surface area contributed by atoms with E-state index in [4.69, 9.17) is 0 Å². The second kappa shape index (κ2) is 5.67. The number of aromatic nitrogens is 1. The van der Waals surface area contributed by atoms with E-state index in [1.54, 1.807) is 19.0 Å². The van der Waals surface area contributed by atoms with Crippen molar-refractivity contribution in [3.63, 3.8) is 0 Å². The van der Waals surface area contributed by atoms with Gasteiger partial charge in [0, 0.05) is 20.1 Å². The highest BCUT2D eigenvalue weighted by atomic mass is 19.4. The van der Waals surface area contributed by atoms with E-state index in [0.29, 0.717) is 11.7 Å². The van der Waals surface area contributed by atoms with Crippen LogP contribution in [0.3, 0.4) is 0 Å². The molecule has 1 unspecified atom stereocenters. The maximum atomic E-state index is 12.8. The maximum Gasteiger partial charge on any atom is 0.416 e. The van der Waals surface area contributed by atoms with Crippen molar-refractivity contribution >= 4 is 11.6 Å². The first kappa shape index (κ1) is 15.6. The molecule has 0 fully saturated rings.